The van der Waals surface area contributed by atoms with Crippen LogP contribution in [0.5, 0.6) is 0 Å². The van der Waals surface area contributed by atoms with Gasteiger partial charge in [-0.05, 0) is 48.7 Å². The number of rotatable bonds is 9. The third-order valence-corrected chi connectivity index (χ3v) is 7.03. The van der Waals surface area contributed by atoms with Gasteiger partial charge < -0.3 is 4.57 Å². The summed E-state index contributed by atoms with van der Waals surface area (Å²) in [5, 5.41) is 23.0. The number of nitrogens with one attached hydrogen (secondary N) is 1. The summed E-state index contributed by atoms with van der Waals surface area (Å²) < 4.78 is 15.1. The van der Waals surface area contributed by atoms with Gasteiger partial charge in [0.05, 0.1) is 5.75 Å². The normalized spacial score (nSPS) is 10.8. The van der Waals surface area contributed by atoms with Crippen molar-refractivity contribution in [2.45, 2.75) is 23.5 Å². The number of nitrogens with zero attached hydrogens (tertiary/aromatic N) is 5. The third kappa shape index (κ3) is 5.67. The molecule has 0 aliphatic rings. The Morgan fingerprint density at radius 3 is 2.52 bits per heavy atom. The fourth-order valence-electron chi connectivity index (χ4n) is 2.94. The highest BCUT2D eigenvalue weighted by molar-refractivity contribution is 8.02. The van der Waals surface area contributed by atoms with E-state index >= 15 is 0 Å². The molecule has 0 unspecified atom stereocenters. The second kappa shape index (κ2) is 10.7. The fraction of sp³-hybridized carbons (Fsp3) is 0.136. The van der Waals surface area contributed by atoms with Gasteiger partial charge in [-0.2, -0.15) is 0 Å². The van der Waals surface area contributed by atoms with E-state index in [-0.39, 0.29) is 17.5 Å². The Morgan fingerprint density at radius 2 is 1.82 bits per heavy atom. The van der Waals surface area contributed by atoms with Crippen LogP contribution in [0.2, 0.25) is 0 Å². The van der Waals surface area contributed by atoms with Crippen LogP contribution >= 0.6 is 34.9 Å². The highest BCUT2D eigenvalue weighted by Crippen LogP contribution is 2.29. The number of hydrogen-bond donors (Lipinski definition) is 1. The van der Waals surface area contributed by atoms with Crippen molar-refractivity contribution in [3.05, 3.63) is 66.3 Å². The lowest BCUT2D eigenvalue weighted by Crippen LogP contribution is -2.14. The Kier molecular flexibility index (Phi) is 7.53. The minimum absolute atomic E-state index is 0.143. The van der Waals surface area contributed by atoms with Crippen molar-refractivity contribution in [2.24, 2.45) is 0 Å². The van der Waals surface area contributed by atoms with Crippen molar-refractivity contribution < 1.29 is 9.18 Å². The summed E-state index contributed by atoms with van der Waals surface area (Å²) in [5.41, 5.74) is 1.69. The molecular formula is C22H19FN6OS3. The van der Waals surface area contributed by atoms with Crippen molar-refractivity contribution in [3.8, 4) is 22.0 Å². The summed E-state index contributed by atoms with van der Waals surface area (Å²) in [6.45, 7) is 6.29. The first-order chi connectivity index (χ1) is 16.1. The molecule has 1 N–H and O–H groups in total. The predicted octanol–water partition coefficient (Wildman–Crippen LogP) is 5.59. The molecule has 0 spiro atoms. The number of benzene rings is 2. The molecule has 0 radical (unpaired) electrons. The van der Waals surface area contributed by atoms with E-state index in [9.17, 15) is 9.18 Å². The minimum Gasteiger partial charge on any atom is -0.302 e. The van der Waals surface area contributed by atoms with Crippen molar-refractivity contribution in [3.63, 3.8) is 0 Å². The van der Waals surface area contributed by atoms with Crippen LogP contribution in [-0.4, -0.2) is 36.6 Å². The second-order valence-corrected chi connectivity index (χ2v) is 9.58. The van der Waals surface area contributed by atoms with E-state index in [4.69, 9.17) is 0 Å². The van der Waals surface area contributed by atoms with Crippen LogP contribution in [0.3, 0.4) is 0 Å². The molecule has 4 rings (SSSR count). The number of thioether (sulfide) groups is 2. The second-order valence-electron chi connectivity index (χ2n) is 6.62. The standard InChI is InChI=1S/C22H19FN6OS3/c1-3-29-19(14-5-9-16(23)10-6-14)25-28-22(29)32-13-18(30)24-21-27-26-20(33-21)15-7-11-17(12-8-15)31-4-2/h4-12H,2-3,13H2,1H3,(H,24,27,30). The quantitative estimate of drug-likeness (QED) is 0.301. The topological polar surface area (TPSA) is 85.6 Å². The molecule has 2 aromatic heterocycles. The Labute approximate surface area is 202 Å². The van der Waals surface area contributed by atoms with Gasteiger partial charge in [0, 0.05) is 22.6 Å². The maximum absolute atomic E-state index is 13.2. The number of aromatic nitrogens is 5. The molecule has 0 aliphatic heterocycles. The van der Waals surface area contributed by atoms with Crippen LogP contribution in [0.4, 0.5) is 9.52 Å². The van der Waals surface area contributed by atoms with Gasteiger partial charge in [-0.15, -0.1) is 20.4 Å². The molecule has 4 aromatic rings. The van der Waals surface area contributed by atoms with Gasteiger partial charge >= 0.3 is 0 Å². The molecule has 2 aromatic carbocycles. The molecule has 1 amide bonds. The van der Waals surface area contributed by atoms with E-state index < -0.39 is 0 Å². The van der Waals surface area contributed by atoms with Gasteiger partial charge in [0.1, 0.15) is 10.8 Å². The van der Waals surface area contributed by atoms with E-state index in [0.717, 1.165) is 21.0 Å². The van der Waals surface area contributed by atoms with Crippen LogP contribution in [0.1, 0.15) is 6.92 Å². The van der Waals surface area contributed by atoms with Crippen LogP contribution in [-0.2, 0) is 11.3 Å². The van der Waals surface area contributed by atoms with E-state index in [1.165, 1.54) is 35.2 Å². The molecule has 0 fully saturated rings. The van der Waals surface area contributed by atoms with Crippen molar-refractivity contribution >= 4 is 45.9 Å². The molecule has 0 aliphatic carbocycles. The number of carbonyl (C=O) groups excluding carboxylic acids is 1. The highest BCUT2D eigenvalue weighted by atomic mass is 32.2. The maximum atomic E-state index is 13.2. The van der Waals surface area contributed by atoms with Gasteiger partial charge in [-0.25, -0.2) is 4.39 Å². The van der Waals surface area contributed by atoms with Crippen molar-refractivity contribution in [1.29, 1.82) is 0 Å². The molecule has 7 nitrogen and oxygen atoms in total. The van der Waals surface area contributed by atoms with Crippen LogP contribution in [0.15, 0.2) is 70.6 Å². The number of anilines is 1. The molecule has 11 heteroatoms. The first-order valence-corrected chi connectivity index (χ1v) is 12.6. The van der Waals surface area contributed by atoms with Gasteiger partial charge in [0.2, 0.25) is 11.0 Å². The van der Waals surface area contributed by atoms with E-state index in [1.807, 2.05) is 35.8 Å². The van der Waals surface area contributed by atoms with Crippen LogP contribution < -0.4 is 5.32 Å². The van der Waals surface area contributed by atoms with E-state index in [0.29, 0.717) is 22.7 Å². The molecule has 0 bridgehead atoms. The number of carbonyl (C=O) groups is 1. The molecule has 0 saturated carbocycles. The largest absolute Gasteiger partial charge is 0.302 e. The monoisotopic (exact) mass is 498 g/mol. The Morgan fingerprint density at radius 1 is 1.09 bits per heavy atom. The summed E-state index contributed by atoms with van der Waals surface area (Å²) in [6.07, 6.45) is 0. The number of amides is 1. The first kappa shape index (κ1) is 23.1. The maximum Gasteiger partial charge on any atom is 0.236 e. The van der Waals surface area contributed by atoms with E-state index in [2.05, 4.69) is 32.3 Å². The smallest absolute Gasteiger partial charge is 0.236 e. The molecule has 2 heterocycles. The summed E-state index contributed by atoms with van der Waals surface area (Å²) in [6, 6.07) is 14.0. The van der Waals surface area contributed by atoms with Crippen LogP contribution in [0.25, 0.3) is 22.0 Å². The average molecular weight is 499 g/mol. The lowest BCUT2D eigenvalue weighted by Gasteiger charge is -2.07. The number of hydrogen-bond acceptors (Lipinski definition) is 8. The van der Waals surface area contributed by atoms with E-state index in [1.54, 1.807) is 29.3 Å². The Hall–Kier alpha value is -3.02. The molecular weight excluding hydrogens is 479 g/mol. The Bertz CT molecular complexity index is 1250. The zero-order valence-corrected chi connectivity index (χ0v) is 20.0. The fourth-order valence-corrected chi connectivity index (χ4v) is 4.99. The molecule has 168 valence electrons. The van der Waals surface area contributed by atoms with Crippen molar-refractivity contribution in [1.82, 2.24) is 25.0 Å². The zero-order chi connectivity index (χ0) is 23.2. The summed E-state index contributed by atoms with van der Waals surface area (Å²) in [7, 11) is 0. The van der Waals surface area contributed by atoms with Gasteiger partial charge in [-0.3, -0.25) is 10.1 Å². The molecule has 0 saturated heterocycles. The lowest BCUT2D eigenvalue weighted by atomic mass is 10.2. The molecule has 33 heavy (non-hydrogen) atoms. The third-order valence-electron chi connectivity index (χ3n) is 4.46. The SMILES string of the molecule is C=CSc1ccc(-c2nnc(NC(=O)CSc3nnc(-c4ccc(F)cc4)n3CC)s2)cc1. The number of halogens is 1. The van der Waals surface area contributed by atoms with Gasteiger partial charge in [0.15, 0.2) is 11.0 Å². The predicted molar refractivity (Wildman–Crippen MR) is 132 cm³/mol. The Balaban J connectivity index is 1.37. The van der Waals surface area contributed by atoms with Crippen LogP contribution in [0, 0.1) is 5.82 Å². The summed E-state index contributed by atoms with van der Waals surface area (Å²) >= 11 is 4.13. The lowest BCUT2D eigenvalue weighted by molar-refractivity contribution is -0.113. The first-order valence-electron chi connectivity index (χ1n) is 9.90. The summed E-state index contributed by atoms with van der Waals surface area (Å²) in [5.74, 6) is 0.251. The molecule has 0 atom stereocenters. The van der Waals surface area contributed by atoms with Gasteiger partial charge in [-0.1, -0.05) is 53.6 Å². The highest BCUT2D eigenvalue weighted by Gasteiger charge is 2.16. The minimum atomic E-state index is -0.309. The summed E-state index contributed by atoms with van der Waals surface area (Å²) in [4.78, 5) is 13.5. The van der Waals surface area contributed by atoms with Crippen molar-refractivity contribution in [2.75, 3.05) is 11.1 Å². The zero-order valence-electron chi connectivity index (χ0n) is 17.6. The average Bonchev–Trinajstić information content (AvgIpc) is 3.46. The van der Waals surface area contributed by atoms with Gasteiger partial charge in [0.25, 0.3) is 0 Å².